The van der Waals surface area contributed by atoms with Gasteiger partial charge in [0.05, 0.1) is 12.2 Å². The summed E-state index contributed by atoms with van der Waals surface area (Å²) in [5.41, 5.74) is 2.11. The molecule has 4 nitrogen and oxygen atoms in total. The number of pyridine rings is 1. The van der Waals surface area contributed by atoms with Crippen LogP contribution in [0.5, 0.6) is 0 Å². The van der Waals surface area contributed by atoms with Gasteiger partial charge in [0.25, 0.3) is 0 Å². The van der Waals surface area contributed by atoms with Crippen molar-refractivity contribution >= 4 is 5.69 Å². The number of piperidine rings is 1. The van der Waals surface area contributed by atoms with Crippen molar-refractivity contribution in [2.75, 3.05) is 31.6 Å². The molecular formula is C21H26FN3O. The van der Waals surface area contributed by atoms with Crippen molar-refractivity contribution in [2.24, 2.45) is 5.92 Å². The number of halogens is 1. The van der Waals surface area contributed by atoms with Crippen LogP contribution in [0.4, 0.5) is 10.1 Å². The van der Waals surface area contributed by atoms with E-state index in [-0.39, 0.29) is 11.4 Å². The molecule has 2 fully saturated rings. The first-order chi connectivity index (χ1) is 12.7. The van der Waals surface area contributed by atoms with Crippen molar-refractivity contribution in [3.63, 3.8) is 0 Å². The van der Waals surface area contributed by atoms with Gasteiger partial charge in [-0.25, -0.2) is 4.39 Å². The Balaban J connectivity index is 1.32. The average molecular weight is 355 g/mol. The minimum Gasteiger partial charge on any atom is -0.385 e. The van der Waals surface area contributed by atoms with Crippen molar-refractivity contribution < 1.29 is 9.13 Å². The molecule has 0 saturated carbocycles. The predicted molar refractivity (Wildman–Crippen MR) is 100 cm³/mol. The Morgan fingerprint density at radius 3 is 3.00 bits per heavy atom. The van der Waals surface area contributed by atoms with E-state index in [1.807, 2.05) is 18.2 Å². The average Bonchev–Trinajstić information content (AvgIpc) is 3.03. The third-order valence-corrected chi connectivity index (χ3v) is 5.47. The Labute approximate surface area is 154 Å². The molecule has 1 aromatic carbocycles. The highest BCUT2D eigenvalue weighted by molar-refractivity contribution is 5.40. The SMILES string of the molecule is Fc1cccc(CN2CCC[C@]3(C[C@H](CNc4ccncc4)CO3)C2)c1. The quantitative estimate of drug-likeness (QED) is 0.887. The first kappa shape index (κ1) is 17.4. The van der Waals surface area contributed by atoms with E-state index in [0.717, 1.165) is 63.3 Å². The van der Waals surface area contributed by atoms with Gasteiger partial charge in [0.1, 0.15) is 5.82 Å². The van der Waals surface area contributed by atoms with Gasteiger partial charge in [-0.15, -0.1) is 0 Å². The summed E-state index contributed by atoms with van der Waals surface area (Å²) >= 11 is 0. The number of anilines is 1. The molecule has 2 aliphatic heterocycles. The Kier molecular flexibility index (Phi) is 5.18. The lowest BCUT2D eigenvalue weighted by atomic mass is 9.86. The number of nitrogens with one attached hydrogen (secondary N) is 1. The lowest BCUT2D eigenvalue weighted by molar-refractivity contribution is -0.0535. The number of hydrogen-bond acceptors (Lipinski definition) is 4. The fraction of sp³-hybridized carbons (Fsp3) is 0.476. The number of hydrogen-bond donors (Lipinski definition) is 1. The van der Waals surface area contributed by atoms with Gasteiger partial charge in [-0.05, 0) is 55.6 Å². The van der Waals surface area contributed by atoms with Crippen LogP contribution in [0, 0.1) is 11.7 Å². The Morgan fingerprint density at radius 2 is 2.15 bits per heavy atom. The number of aromatic nitrogens is 1. The van der Waals surface area contributed by atoms with Gasteiger partial charge >= 0.3 is 0 Å². The highest BCUT2D eigenvalue weighted by Crippen LogP contribution is 2.38. The fourth-order valence-corrected chi connectivity index (χ4v) is 4.30. The zero-order valence-electron chi connectivity index (χ0n) is 15.0. The lowest BCUT2D eigenvalue weighted by Crippen LogP contribution is -2.47. The second-order valence-corrected chi connectivity index (χ2v) is 7.63. The van der Waals surface area contributed by atoms with Gasteiger partial charge in [-0.2, -0.15) is 0 Å². The minimum absolute atomic E-state index is 0.0316. The van der Waals surface area contributed by atoms with Gasteiger partial charge in [0, 0.05) is 43.6 Å². The molecule has 0 radical (unpaired) electrons. The highest BCUT2D eigenvalue weighted by atomic mass is 19.1. The van der Waals surface area contributed by atoms with Crippen LogP contribution in [-0.4, -0.2) is 41.7 Å². The molecule has 138 valence electrons. The number of nitrogens with zero attached hydrogens (tertiary/aromatic N) is 2. The molecule has 0 unspecified atom stereocenters. The van der Waals surface area contributed by atoms with E-state index in [1.54, 1.807) is 24.5 Å². The number of likely N-dealkylation sites (tertiary alicyclic amines) is 1. The molecule has 3 heterocycles. The molecule has 0 amide bonds. The van der Waals surface area contributed by atoms with Gasteiger partial charge in [-0.1, -0.05) is 12.1 Å². The summed E-state index contributed by atoms with van der Waals surface area (Å²) < 4.78 is 19.7. The van der Waals surface area contributed by atoms with E-state index in [1.165, 1.54) is 6.07 Å². The maximum atomic E-state index is 13.4. The zero-order chi connectivity index (χ0) is 17.8. The van der Waals surface area contributed by atoms with Crippen molar-refractivity contribution in [2.45, 2.75) is 31.4 Å². The van der Waals surface area contributed by atoms with Crippen molar-refractivity contribution in [1.82, 2.24) is 9.88 Å². The standard InChI is InChI=1S/C21H26FN3O/c22-19-4-1-3-17(11-19)14-25-10-2-7-21(16-25)12-18(15-26-21)13-24-20-5-8-23-9-6-20/h1,3-6,8-9,11,18H,2,7,10,12-16H2,(H,23,24)/t18-,21+/m1/s1. The molecule has 2 aromatic rings. The van der Waals surface area contributed by atoms with Crippen LogP contribution in [0.15, 0.2) is 48.8 Å². The molecule has 0 bridgehead atoms. The summed E-state index contributed by atoms with van der Waals surface area (Å²) in [6.07, 6.45) is 6.96. The molecule has 0 aliphatic carbocycles. The molecule has 1 spiro atoms. The topological polar surface area (TPSA) is 37.4 Å². The fourth-order valence-electron chi connectivity index (χ4n) is 4.30. The molecule has 1 N–H and O–H groups in total. The third-order valence-electron chi connectivity index (χ3n) is 5.47. The van der Waals surface area contributed by atoms with Gasteiger partial charge in [0.15, 0.2) is 0 Å². The summed E-state index contributed by atoms with van der Waals surface area (Å²) in [6, 6.07) is 10.9. The van der Waals surface area contributed by atoms with E-state index >= 15 is 0 Å². The van der Waals surface area contributed by atoms with E-state index in [9.17, 15) is 4.39 Å². The number of rotatable bonds is 5. The van der Waals surface area contributed by atoms with Crippen molar-refractivity contribution in [3.05, 3.63) is 60.2 Å². The first-order valence-corrected chi connectivity index (χ1v) is 9.45. The smallest absolute Gasteiger partial charge is 0.123 e. The van der Waals surface area contributed by atoms with Crippen LogP contribution in [-0.2, 0) is 11.3 Å². The van der Waals surface area contributed by atoms with Crippen molar-refractivity contribution in [1.29, 1.82) is 0 Å². The van der Waals surface area contributed by atoms with E-state index in [0.29, 0.717) is 5.92 Å². The van der Waals surface area contributed by atoms with Crippen molar-refractivity contribution in [3.8, 4) is 0 Å². The second-order valence-electron chi connectivity index (χ2n) is 7.63. The summed E-state index contributed by atoms with van der Waals surface area (Å²) in [5.74, 6) is 0.367. The molecule has 26 heavy (non-hydrogen) atoms. The van der Waals surface area contributed by atoms with Crippen LogP contribution < -0.4 is 5.32 Å². The van der Waals surface area contributed by atoms with Crippen LogP contribution >= 0.6 is 0 Å². The number of benzene rings is 1. The molecule has 2 saturated heterocycles. The minimum atomic E-state index is -0.159. The molecule has 2 atom stereocenters. The monoisotopic (exact) mass is 355 g/mol. The highest BCUT2D eigenvalue weighted by Gasteiger charge is 2.43. The van der Waals surface area contributed by atoms with Gasteiger partial charge in [0.2, 0.25) is 0 Å². The first-order valence-electron chi connectivity index (χ1n) is 9.45. The Bertz CT molecular complexity index is 726. The van der Waals surface area contributed by atoms with Crippen LogP contribution in [0.1, 0.15) is 24.8 Å². The third kappa shape index (κ3) is 4.22. The van der Waals surface area contributed by atoms with E-state index < -0.39 is 0 Å². The number of ether oxygens (including phenoxy) is 1. The summed E-state index contributed by atoms with van der Waals surface area (Å²) in [4.78, 5) is 6.46. The van der Waals surface area contributed by atoms with Gasteiger partial charge in [-0.3, -0.25) is 9.88 Å². The summed E-state index contributed by atoms with van der Waals surface area (Å²) in [7, 11) is 0. The molecule has 5 heteroatoms. The zero-order valence-corrected chi connectivity index (χ0v) is 15.0. The largest absolute Gasteiger partial charge is 0.385 e. The Hall–Kier alpha value is -1.98. The van der Waals surface area contributed by atoms with E-state index in [2.05, 4.69) is 15.2 Å². The van der Waals surface area contributed by atoms with Crippen LogP contribution in [0.2, 0.25) is 0 Å². The van der Waals surface area contributed by atoms with Crippen LogP contribution in [0.25, 0.3) is 0 Å². The molecule has 4 rings (SSSR count). The summed E-state index contributed by atoms with van der Waals surface area (Å²) in [5, 5.41) is 3.49. The predicted octanol–water partition coefficient (Wildman–Crippen LogP) is 3.70. The molecule has 1 aromatic heterocycles. The van der Waals surface area contributed by atoms with Crippen LogP contribution in [0.3, 0.4) is 0 Å². The lowest BCUT2D eigenvalue weighted by Gasteiger charge is -2.40. The normalized spacial score (nSPS) is 26.3. The molecular weight excluding hydrogens is 329 g/mol. The Morgan fingerprint density at radius 1 is 1.27 bits per heavy atom. The second kappa shape index (κ2) is 7.72. The maximum Gasteiger partial charge on any atom is 0.123 e. The van der Waals surface area contributed by atoms with E-state index in [4.69, 9.17) is 4.74 Å². The maximum absolute atomic E-state index is 13.4. The molecule has 2 aliphatic rings. The summed E-state index contributed by atoms with van der Waals surface area (Å²) in [6.45, 7) is 4.53. The van der Waals surface area contributed by atoms with Gasteiger partial charge < -0.3 is 10.1 Å².